The number of sulfonamides is 1. The molecule has 0 amide bonds. The highest BCUT2D eigenvalue weighted by atomic mass is 32.2. The minimum atomic E-state index is -3.86. The highest BCUT2D eigenvalue weighted by Gasteiger charge is 2.46. The first-order valence-electron chi connectivity index (χ1n) is 13.2. The molecule has 1 fully saturated rings. The van der Waals surface area contributed by atoms with Crippen molar-refractivity contribution in [2.75, 3.05) is 20.2 Å². The van der Waals surface area contributed by atoms with Crippen molar-refractivity contribution in [1.29, 1.82) is 0 Å². The van der Waals surface area contributed by atoms with Gasteiger partial charge in [0.15, 0.2) is 5.03 Å². The average molecular weight is 578 g/mol. The second-order valence-corrected chi connectivity index (χ2v) is 12.4. The van der Waals surface area contributed by atoms with Gasteiger partial charge in [0.1, 0.15) is 17.4 Å². The van der Waals surface area contributed by atoms with Crippen molar-refractivity contribution < 1.29 is 21.9 Å². The Morgan fingerprint density at radius 3 is 2.32 bits per heavy atom. The van der Waals surface area contributed by atoms with E-state index in [4.69, 9.17) is 4.74 Å². The van der Waals surface area contributed by atoms with Crippen LogP contribution in [0.25, 0.3) is 16.6 Å². The van der Waals surface area contributed by atoms with Crippen molar-refractivity contribution in [2.24, 2.45) is 7.05 Å². The Bertz CT molecular complexity index is 1830. The van der Waals surface area contributed by atoms with E-state index in [1.807, 2.05) is 12.1 Å². The van der Waals surface area contributed by atoms with Crippen LogP contribution in [-0.4, -0.2) is 52.5 Å². The molecule has 0 radical (unpaired) electrons. The van der Waals surface area contributed by atoms with Gasteiger partial charge in [0.2, 0.25) is 0 Å². The molecule has 1 saturated heterocycles. The van der Waals surface area contributed by atoms with Crippen LogP contribution in [0.2, 0.25) is 0 Å². The minimum absolute atomic E-state index is 0.0121. The molecule has 2 aromatic heterocycles. The van der Waals surface area contributed by atoms with Crippen molar-refractivity contribution in [2.45, 2.75) is 30.2 Å². The van der Waals surface area contributed by atoms with Crippen LogP contribution in [0, 0.1) is 18.6 Å². The van der Waals surface area contributed by atoms with Gasteiger partial charge in [-0.05, 0) is 73.9 Å². The molecule has 41 heavy (non-hydrogen) atoms. The Morgan fingerprint density at radius 1 is 1.00 bits per heavy atom. The highest BCUT2D eigenvalue weighted by Crippen LogP contribution is 2.45. The van der Waals surface area contributed by atoms with Gasteiger partial charge in [0.25, 0.3) is 10.0 Å². The molecule has 3 heterocycles. The van der Waals surface area contributed by atoms with Crippen molar-refractivity contribution in [3.8, 4) is 11.4 Å². The van der Waals surface area contributed by atoms with Crippen molar-refractivity contribution in [3.63, 3.8) is 0 Å². The molecule has 8 nitrogen and oxygen atoms in total. The predicted octanol–water partition coefficient (Wildman–Crippen LogP) is 4.93. The fraction of sp³-hybridized carbons (Fsp3) is 0.267. The van der Waals surface area contributed by atoms with E-state index in [1.165, 1.54) is 28.6 Å². The van der Waals surface area contributed by atoms with Gasteiger partial charge in [-0.15, -0.1) is 0 Å². The predicted molar refractivity (Wildman–Crippen MR) is 151 cm³/mol. The van der Waals surface area contributed by atoms with E-state index in [0.717, 1.165) is 27.7 Å². The van der Waals surface area contributed by atoms with E-state index in [1.54, 1.807) is 67.0 Å². The molecular weight excluding hydrogens is 548 g/mol. The molecule has 0 aliphatic carbocycles. The summed E-state index contributed by atoms with van der Waals surface area (Å²) in [6.45, 7) is 2.28. The number of methoxy groups -OCH3 is 1. The third-order valence-corrected chi connectivity index (χ3v) is 9.72. The molecule has 6 rings (SSSR count). The normalized spacial score (nSPS) is 17.9. The number of aryl methyl sites for hydroxylation is 2. The van der Waals surface area contributed by atoms with Crippen LogP contribution in [0.15, 0.2) is 78.0 Å². The maximum absolute atomic E-state index is 13.8. The first-order chi connectivity index (χ1) is 19.6. The number of aromatic nitrogens is 4. The number of halogens is 2. The summed E-state index contributed by atoms with van der Waals surface area (Å²) in [4.78, 5) is 0. The summed E-state index contributed by atoms with van der Waals surface area (Å²) >= 11 is 0. The molecule has 3 aromatic carbocycles. The standard InChI is InChI=1S/C30H29F2N5O3S/c1-20-14-29(34-35(20)2)41(38,39)36-13-12-30(19-36,17-21-4-6-23(31)7-5-21)26-15-22-18-33-37(27(22)16-28(26)40-3)25-10-8-24(32)9-11-25/h4-11,14-16,18H,12-13,17,19H2,1-3H3. The van der Waals surface area contributed by atoms with E-state index in [0.29, 0.717) is 24.3 Å². The SMILES string of the molecule is COc1cc2c(cnn2-c2ccc(F)cc2)cc1C1(Cc2ccc(F)cc2)CCN(S(=O)(=O)c2cc(C)n(C)n2)C1. The highest BCUT2D eigenvalue weighted by molar-refractivity contribution is 7.89. The van der Waals surface area contributed by atoms with Gasteiger partial charge < -0.3 is 4.74 Å². The Morgan fingerprint density at radius 2 is 1.68 bits per heavy atom. The number of ether oxygens (including phenoxy) is 1. The maximum Gasteiger partial charge on any atom is 0.262 e. The zero-order valence-electron chi connectivity index (χ0n) is 22.9. The molecular formula is C30H29F2N5O3S. The Kier molecular flexibility index (Phi) is 6.66. The molecule has 0 N–H and O–H groups in total. The Hall–Kier alpha value is -4.09. The third kappa shape index (κ3) is 4.78. The van der Waals surface area contributed by atoms with Crippen molar-refractivity contribution in [1.82, 2.24) is 23.9 Å². The Balaban J connectivity index is 1.46. The number of fused-ring (bicyclic) bond motifs is 1. The Labute approximate surface area is 236 Å². The molecule has 0 spiro atoms. The minimum Gasteiger partial charge on any atom is -0.496 e. The van der Waals surface area contributed by atoms with Gasteiger partial charge in [-0.2, -0.15) is 14.5 Å². The number of hydrogen-bond acceptors (Lipinski definition) is 5. The number of benzene rings is 3. The first-order valence-corrected chi connectivity index (χ1v) is 14.6. The van der Waals surface area contributed by atoms with Crippen LogP contribution in [0.3, 0.4) is 0 Å². The van der Waals surface area contributed by atoms with E-state index in [-0.39, 0.29) is 29.7 Å². The molecule has 1 atom stereocenters. The molecule has 1 unspecified atom stereocenters. The summed E-state index contributed by atoms with van der Waals surface area (Å²) in [7, 11) is -0.572. The fourth-order valence-electron chi connectivity index (χ4n) is 5.70. The first kappa shape index (κ1) is 27.1. The average Bonchev–Trinajstić information content (AvgIpc) is 3.67. The lowest BCUT2D eigenvalue weighted by atomic mass is 9.74. The molecule has 0 bridgehead atoms. The summed E-state index contributed by atoms with van der Waals surface area (Å²) in [5.74, 6) is -0.0954. The summed E-state index contributed by atoms with van der Waals surface area (Å²) in [5, 5.41) is 9.61. The van der Waals surface area contributed by atoms with E-state index >= 15 is 0 Å². The van der Waals surface area contributed by atoms with Gasteiger partial charge in [-0.1, -0.05) is 12.1 Å². The number of rotatable bonds is 7. The van der Waals surface area contributed by atoms with Crippen LogP contribution < -0.4 is 4.74 Å². The van der Waals surface area contributed by atoms with Gasteiger partial charge in [0, 0.05) is 48.3 Å². The smallest absolute Gasteiger partial charge is 0.262 e. The molecule has 212 valence electrons. The monoisotopic (exact) mass is 577 g/mol. The number of hydrogen-bond donors (Lipinski definition) is 0. The van der Waals surface area contributed by atoms with Crippen LogP contribution in [0.1, 0.15) is 23.2 Å². The van der Waals surface area contributed by atoms with Gasteiger partial charge in [-0.25, -0.2) is 21.9 Å². The molecule has 11 heteroatoms. The summed E-state index contributed by atoms with van der Waals surface area (Å²) < 4.78 is 65.4. The van der Waals surface area contributed by atoms with Crippen LogP contribution in [0.4, 0.5) is 8.78 Å². The van der Waals surface area contributed by atoms with Crippen LogP contribution in [0.5, 0.6) is 5.75 Å². The van der Waals surface area contributed by atoms with Gasteiger partial charge >= 0.3 is 0 Å². The van der Waals surface area contributed by atoms with E-state index < -0.39 is 15.4 Å². The van der Waals surface area contributed by atoms with Crippen LogP contribution >= 0.6 is 0 Å². The molecule has 5 aromatic rings. The van der Waals surface area contributed by atoms with E-state index in [2.05, 4.69) is 10.2 Å². The van der Waals surface area contributed by atoms with Crippen molar-refractivity contribution in [3.05, 3.63) is 101 Å². The van der Waals surface area contributed by atoms with E-state index in [9.17, 15) is 17.2 Å². The summed E-state index contributed by atoms with van der Waals surface area (Å²) in [5.41, 5.74) is 3.24. The lowest BCUT2D eigenvalue weighted by molar-refractivity contribution is 0.370. The molecule has 0 saturated carbocycles. The van der Waals surface area contributed by atoms with Crippen LogP contribution in [-0.2, 0) is 28.9 Å². The lowest BCUT2D eigenvalue weighted by Crippen LogP contribution is -2.36. The quantitative estimate of drug-likeness (QED) is 0.274. The van der Waals surface area contributed by atoms with Gasteiger partial charge in [-0.3, -0.25) is 4.68 Å². The third-order valence-electron chi connectivity index (χ3n) is 8.00. The lowest BCUT2D eigenvalue weighted by Gasteiger charge is -2.32. The molecule has 1 aliphatic rings. The van der Waals surface area contributed by atoms with Gasteiger partial charge in [0.05, 0.1) is 24.5 Å². The fourth-order valence-corrected chi connectivity index (χ4v) is 7.26. The van der Waals surface area contributed by atoms with Crippen molar-refractivity contribution >= 4 is 20.9 Å². The summed E-state index contributed by atoms with van der Waals surface area (Å²) in [6.07, 6.45) is 2.71. The largest absolute Gasteiger partial charge is 0.496 e. The summed E-state index contributed by atoms with van der Waals surface area (Å²) in [6, 6.07) is 17.8. The maximum atomic E-state index is 13.8. The number of nitrogens with zero attached hydrogens (tertiary/aromatic N) is 5. The zero-order chi connectivity index (χ0) is 28.9. The second-order valence-electron chi connectivity index (χ2n) is 10.6. The zero-order valence-corrected chi connectivity index (χ0v) is 23.7. The second kappa shape index (κ2) is 10.1. The molecule has 1 aliphatic heterocycles. The topological polar surface area (TPSA) is 82.3 Å².